The molecule has 0 spiro atoms. The van der Waals surface area contributed by atoms with E-state index in [4.69, 9.17) is 11.0 Å². The highest BCUT2D eigenvalue weighted by atomic mass is 16.3. The first-order chi connectivity index (χ1) is 12.1. The number of aromatic nitrogens is 2. The third-order valence-corrected chi connectivity index (χ3v) is 5.14. The van der Waals surface area contributed by atoms with Gasteiger partial charge in [0.25, 0.3) is 0 Å². The first-order valence-corrected chi connectivity index (χ1v) is 8.19. The van der Waals surface area contributed by atoms with Crippen LogP contribution in [0.4, 0.5) is 5.69 Å². The summed E-state index contributed by atoms with van der Waals surface area (Å²) in [4.78, 5) is 3.59. The summed E-state index contributed by atoms with van der Waals surface area (Å²) in [5, 5.41) is 4.40. The summed E-state index contributed by atoms with van der Waals surface area (Å²) in [7, 11) is 4.13. The molecule has 4 heteroatoms. The molecule has 0 bridgehead atoms. The molecule has 0 saturated carbocycles. The molecule has 0 radical (unpaired) electrons. The van der Waals surface area contributed by atoms with Crippen LogP contribution in [0.3, 0.4) is 0 Å². The van der Waals surface area contributed by atoms with Gasteiger partial charge in [-0.25, -0.2) is 9.41 Å². The number of hydrogen-bond donors (Lipinski definition) is 0. The van der Waals surface area contributed by atoms with Gasteiger partial charge in [0.05, 0.1) is 22.9 Å². The van der Waals surface area contributed by atoms with Crippen molar-refractivity contribution in [3.05, 3.63) is 59.7 Å². The lowest BCUT2D eigenvalue weighted by molar-refractivity contribution is -0.642. The minimum absolute atomic E-state index is 0.600. The standard InChI is InChI=1S/C21H16N3O/c1-12-18-16(10-14-6-8-23(3)20(12)14)25-17-11-15(22-2)9-13-5-7-24(4)21(18)19(13)17/h5-11H,1,3-4H3/q+1. The molecule has 25 heavy (non-hydrogen) atoms. The zero-order valence-corrected chi connectivity index (χ0v) is 14.3. The minimum Gasteiger partial charge on any atom is -0.457 e. The molecule has 5 aromatic rings. The molecule has 0 N–H and O–H groups in total. The number of nitrogens with zero attached hydrogens (tertiary/aromatic N) is 3. The molecule has 4 nitrogen and oxygen atoms in total. The maximum absolute atomic E-state index is 7.36. The van der Waals surface area contributed by atoms with Gasteiger partial charge in [-0.2, -0.15) is 0 Å². The molecule has 0 aliphatic heterocycles. The van der Waals surface area contributed by atoms with Gasteiger partial charge in [0.15, 0.2) is 11.9 Å². The van der Waals surface area contributed by atoms with Gasteiger partial charge in [0, 0.05) is 30.3 Å². The number of pyridine rings is 1. The van der Waals surface area contributed by atoms with E-state index in [1.807, 2.05) is 18.2 Å². The Labute approximate surface area is 144 Å². The summed E-state index contributed by atoms with van der Waals surface area (Å²) in [6.07, 6.45) is 4.13. The van der Waals surface area contributed by atoms with Gasteiger partial charge >= 0.3 is 0 Å². The third-order valence-electron chi connectivity index (χ3n) is 5.14. The molecule has 0 aliphatic carbocycles. The van der Waals surface area contributed by atoms with E-state index in [0.29, 0.717) is 5.69 Å². The van der Waals surface area contributed by atoms with Crippen LogP contribution in [-0.2, 0) is 14.1 Å². The van der Waals surface area contributed by atoms with Gasteiger partial charge < -0.3 is 8.98 Å². The van der Waals surface area contributed by atoms with Crippen molar-refractivity contribution in [1.29, 1.82) is 0 Å². The molecule has 120 valence electrons. The molecule has 0 saturated heterocycles. The molecule has 0 aliphatic rings. The summed E-state index contributed by atoms with van der Waals surface area (Å²) in [5.41, 5.74) is 5.79. The van der Waals surface area contributed by atoms with Crippen LogP contribution in [0.15, 0.2) is 47.1 Å². The van der Waals surface area contributed by atoms with E-state index in [2.05, 4.69) is 59.5 Å². The fourth-order valence-corrected chi connectivity index (χ4v) is 4.05. The fraction of sp³-hybridized carbons (Fsp3) is 0.143. The second kappa shape index (κ2) is 4.61. The summed E-state index contributed by atoms with van der Waals surface area (Å²) >= 11 is 0. The van der Waals surface area contributed by atoms with Gasteiger partial charge in [-0.1, -0.05) is 0 Å². The van der Waals surface area contributed by atoms with Crippen molar-refractivity contribution in [1.82, 2.24) is 4.57 Å². The Morgan fingerprint density at radius 3 is 2.68 bits per heavy atom. The number of fused-ring (bicyclic) bond motifs is 3. The molecule has 0 amide bonds. The van der Waals surface area contributed by atoms with Crippen molar-refractivity contribution >= 4 is 49.4 Å². The van der Waals surface area contributed by atoms with Crippen molar-refractivity contribution in [2.75, 3.05) is 0 Å². The normalized spacial score (nSPS) is 11.8. The quantitative estimate of drug-likeness (QED) is 0.172. The second-order valence-corrected chi connectivity index (χ2v) is 6.64. The number of rotatable bonds is 0. The van der Waals surface area contributed by atoms with Gasteiger partial charge in [-0.15, -0.1) is 0 Å². The molecular formula is C21H16N3O+. The fourth-order valence-electron chi connectivity index (χ4n) is 4.05. The van der Waals surface area contributed by atoms with Crippen molar-refractivity contribution in [2.45, 2.75) is 6.92 Å². The van der Waals surface area contributed by atoms with Crippen LogP contribution < -0.4 is 4.57 Å². The lowest BCUT2D eigenvalue weighted by Crippen LogP contribution is -2.25. The molecule has 0 atom stereocenters. The average molecular weight is 326 g/mol. The molecule has 0 unspecified atom stereocenters. The third kappa shape index (κ3) is 1.72. The molecular weight excluding hydrogens is 310 g/mol. The van der Waals surface area contributed by atoms with Crippen LogP contribution in [0, 0.1) is 13.5 Å². The number of benzene rings is 2. The first kappa shape index (κ1) is 14.1. The SMILES string of the molecule is [C-]#[N+]c1cc2ccn(C)c3c4c(C)c5c(cc[n+]5C)cc4oc(c1)c23. The lowest BCUT2D eigenvalue weighted by Gasteiger charge is -2.14. The highest BCUT2D eigenvalue weighted by molar-refractivity contribution is 6.19. The topological polar surface area (TPSA) is 26.3 Å². The van der Waals surface area contributed by atoms with Crippen molar-refractivity contribution < 1.29 is 8.98 Å². The van der Waals surface area contributed by atoms with Crippen molar-refractivity contribution in [3.63, 3.8) is 0 Å². The molecule has 2 aromatic carbocycles. The molecule has 5 rings (SSSR count). The van der Waals surface area contributed by atoms with Crippen LogP contribution in [0.1, 0.15) is 5.56 Å². The van der Waals surface area contributed by atoms with Crippen LogP contribution in [0.5, 0.6) is 0 Å². The Morgan fingerprint density at radius 1 is 1.08 bits per heavy atom. The van der Waals surface area contributed by atoms with E-state index in [0.717, 1.165) is 32.8 Å². The maximum atomic E-state index is 7.36. The van der Waals surface area contributed by atoms with E-state index < -0.39 is 0 Å². The second-order valence-electron chi connectivity index (χ2n) is 6.64. The van der Waals surface area contributed by atoms with Crippen LogP contribution in [-0.4, -0.2) is 4.57 Å². The van der Waals surface area contributed by atoms with Crippen LogP contribution in [0.25, 0.3) is 48.6 Å². The van der Waals surface area contributed by atoms with Gasteiger partial charge in [-0.05, 0) is 36.6 Å². The van der Waals surface area contributed by atoms with Gasteiger partial charge in [0.2, 0.25) is 5.52 Å². The highest BCUT2D eigenvalue weighted by Crippen LogP contribution is 2.38. The Balaban J connectivity index is 2.16. The monoisotopic (exact) mass is 326 g/mol. The summed E-state index contributed by atoms with van der Waals surface area (Å²) in [5.74, 6) is 0. The van der Waals surface area contributed by atoms with E-state index in [9.17, 15) is 0 Å². The van der Waals surface area contributed by atoms with E-state index in [1.54, 1.807) is 0 Å². The first-order valence-electron chi connectivity index (χ1n) is 8.19. The summed E-state index contributed by atoms with van der Waals surface area (Å²) < 4.78 is 10.6. The van der Waals surface area contributed by atoms with Crippen molar-refractivity contribution in [3.8, 4) is 0 Å². The maximum Gasteiger partial charge on any atom is 0.216 e. The highest BCUT2D eigenvalue weighted by Gasteiger charge is 2.20. The number of aryl methyl sites for hydroxylation is 3. The minimum atomic E-state index is 0.600. The Morgan fingerprint density at radius 2 is 1.88 bits per heavy atom. The molecule has 3 aromatic heterocycles. The summed E-state index contributed by atoms with van der Waals surface area (Å²) in [6, 6.07) is 10.0. The predicted octanol–water partition coefficient (Wildman–Crippen LogP) is 4.91. The lowest BCUT2D eigenvalue weighted by atomic mass is 10.0. The van der Waals surface area contributed by atoms with Crippen molar-refractivity contribution in [2.24, 2.45) is 14.1 Å². The molecule has 0 fully saturated rings. The average Bonchev–Trinajstić information content (AvgIpc) is 2.98. The van der Waals surface area contributed by atoms with Crippen LogP contribution >= 0.6 is 0 Å². The number of hydrogen-bond acceptors (Lipinski definition) is 1. The van der Waals surface area contributed by atoms with Gasteiger partial charge in [-0.3, -0.25) is 0 Å². The Hall–Kier alpha value is -3.32. The zero-order chi connectivity index (χ0) is 17.3. The smallest absolute Gasteiger partial charge is 0.216 e. The Kier molecular flexibility index (Phi) is 2.59. The molecule has 3 heterocycles. The summed E-state index contributed by atoms with van der Waals surface area (Å²) in [6.45, 7) is 9.51. The zero-order valence-electron chi connectivity index (χ0n) is 14.3. The predicted molar refractivity (Wildman–Crippen MR) is 99.9 cm³/mol. The van der Waals surface area contributed by atoms with Gasteiger partial charge in [0.1, 0.15) is 18.2 Å². The van der Waals surface area contributed by atoms with E-state index >= 15 is 0 Å². The van der Waals surface area contributed by atoms with E-state index in [1.165, 1.54) is 16.5 Å². The van der Waals surface area contributed by atoms with E-state index in [-0.39, 0.29) is 0 Å². The Bertz CT molecular complexity index is 1380. The van der Waals surface area contributed by atoms with Crippen LogP contribution in [0.2, 0.25) is 0 Å². The largest absolute Gasteiger partial charge is 0.457 e.